The van der Waals surface area contributed by atoms with Gasteiger partial charge >= 0.3 is 11.9 Å². The van der Waals surface area contributed by atoms with Crippen molar-refractivity contribution >= 4 is 23.5 Å². The first-order valence-corrected chi connectivity index (χ1v) is 11.7. The van der Waals surface area contributed by atoms with Gasteiger partial charge in [-0.3, -0.25) is 19.2 Å². The molecule has 7 atom stereocenters. The van der Waals surface area contributed by atoms with E-state index in [4.69, 9.17) is 9.47 Å². The molecule has 0 aromatic carbocycles. The molecule has 0 spiro atoms. The number of esters is 2. The highest BCUT2D eigenvalue weighted by atomic mass is 16.5. The molecule has 0 aromatic heterocycles. The van der Waals surface area contributed by atoms with E-state index < -0.39 is 35.5 Å². The van der Waals surface area contributed by atoms with Crippen molar-refractivity contribution in [2.24, 2.45) is 28.6 Å². The van der Waals surface area contributed by atoms with Crippen LogP contribution in [-0.4, -0.2) is 46.9 Å². The van der Waals surface area contributed by atoms with E-state index in [9.17, 15) is 24.3 Å². The number of ketones is 2. The molecule has 0 heterocycles. The quantitative estimate of drug-likeness (QED) is 0.662. The molecule has 4 rings (SSSR count). The Morgan fingerprint density at radius 3 is 2.41 bits per heavy atom. The van der Waals surface area contributed by atoms with Crippen LogP contribution in [0.4, 0.5) is 0 Å². The Labute approximate surface area is 188 Å². The highest BCUT2D eigenvalue weighted by molar-refractivity contribution is 5.92. The van der Waals surface area contributed by atoms with Crippen LogP contribution in [0.15, 0.2) is 11.6 Å². The molecule has 0 amide bonds. The summed E-state index contributed by atoms with van der Waals surface area (Å²) in [6.07, 6.45) is 5.64. The molecule has 0 aliphatic heterocycles. The van der Waals surface area contributed by atoms with Crippen molar-refractivity contribution in [3.63, 3.8) is 0 Å². The summed E-state index contributed by atoms with van der Waals surface area (Å²) in [6, 6.07) is 0. The van der Waals surface area contributed by atoms with E-state index >= 15 is 0 Å². The maximum atomic E-state index is 13.0. The Morgan fingerprint density at radius 1 is 1.06 bits per heavy atom. The maximum Gasteiger partial charge on any atom is 0.303 e. The molecular formula is C25H34O7. The van der Waals surface area contributed by atoms with Crippen molar-refractivity contribution in [2.75, 3.05) is 6.61 Å². The largest absolute Gasteiger partial charge is 0.458 e. The summed E-state index contributed by atoms with van der Waals surface area (Å²) in [7, 11) is 0. The van der Waals surface area contributed by atoms with Crippen molar-refractivity contribution in [1.29, 1.82) is 0 Å². The maximum absolute atomic E-state index is 13.0. The van der Waals surface area contributed by atoms with Gasteiger partial charge in [0.1, 0.15) is 11.7 Å². The predicted molar refractivity (Wildman–Crippen MR) is 114 cm³/mol. The summed E-state index contributed by atoms with van der Waals surface area (Å²) in [5, 5.41) is 11.6. The molecule has 3 fully saturated rings. The predicted octanol–water partition coefficient (Wildman–Crippen LogP) is 2.92. The Bertz CT molecular complexity index is 891. The molecular weight excluding hydrogens is 412 g/mol. The number of aliphatic hydroxyl groups is 1. The van der Waals surface area contributed by atoms with E-state index in [0.717, 1.165) is 18.4 Å². The van der Waals surface area contributed by atoms with Crippen molar-refractivity contribution in [3.8, 4) is 0 Å². The Hall–Kier alpha value is -2.02. The number of ether oxygens (including phenoxy) is 2. The average molecular weight is 447 g/mol. The number of fused-ring (bicyclic) bond motifs is 5. The molecule has 1 N–H and O–H groups in total. The molecule has 0 unspecified atom stereocenters. The zero-order chi connectivity index (χ0) is 23.5. The van der Waals surface area contributed by atoms with Gasteiger partial charge in [0.15, 0.2) is 12.4 Å². The van der Waals surface area contributed by atoms with Crippen LogP contribution in [-0.2, 0) is 28.7 Å². The summed E-state index contributed by atoms with van der Waals surface area (Å²) in [6.45, 7) is 6.41. The molecule has 3 saturated carbocycles. The summed E-state index contributed by atoms with van der Waals surface area (Å²) in [5.74, 6) is -0.699. The lowest BCUT2D eigenvalue weighted by Crippen LogP contribution is -2.59. The highest BCUT2D eigenvalue weighted by Crippen LogP contribution is 2.67. The van der Waals surface area contributed by atoms with Crippen LogP contribution in [0.3, 0.4) is 0 Å². The molecule has 7 heteroatoms. The molecule has 0 radical (unpaired) electrons. The van der Waals surface area contributed by atoms with Gasteiger partial charge in [-0.25, -0.2) is 0 Å². The topological polar surface area (TPSA) is 107 Å². The van der Waals surface area contributed by atoms with Gasteiger partial charge in [0.2, 0.25) is 5.78 Å². The minimum Gasteiger partial charge on any atom is -0.458 e. The monoisotopic (exact) mass is 446 g/mol. The molecule has 32 heavy (non-hydrogen) atoms. The second-order valence-electron chi connectivity index (χ2n) is 10.8. The zero-order valence-corrected chi connectivity index (χ0v) is 19.4. The molecule has 0 aromatic rings. The zero-order valence-electron chi connectivity index (χ0n) is 19.4. The highest BCUT2D eigenvalue weighted by Gasteiger charge is 2.67. The summed E-state index contributed by atoms with van der Waals surface area (Å²) in [4.78, 5) is 48.3. The Morgan fingerprint density at radius 2 is 1.75 bits per heavy atom. The number of Topliss-reactive ketones (excluding diaryl/α,β-unsaturated/α-hetero) is 1. The van der Waals surface area contributed by atoms with Crippen LogP contribution in [0, 0.1) is 28.6 Å². The van der Waals surface area contributed by atoms with Gasteiger partial charge in [-0.1, -0.05) is 13.8 Å². The van der Waals surface area contributed by atoms with E-state index in [1.54, 1.807) is 6.08 Å². The molecule has 0 saturated heterocycles. The molecule has 0 bridgehead atoms. The van der Waals surface area contributed by atoms with Gasteiger partial charge < -0.3 is 14.6 Å². The fraction of sp³-hybridized carbons (Fsp3) is 0.760. The SMILES string of the molecule is CC(=O)OCC(=O)[C@]1(O)CC[C@@H]2[C@H]3C[C@H](OC(C)=O)C4=CC(=O)CC[C@]4(C)[C@@H]3CC[C@@]21C. The second kappa shape index (κ2) is 7.79. The van der Waals surface area contributed by atoms with Gasteiger partial charge in [0, 0.05) is 25.7 Å². The van der Waals surface area contributed by atoms with Gasteiger partial charge in [0.05, 0.1) is 0 Å². The molecule has 4 aliphatic rings. The third kappa shape index (κ3) is 3.35. The second-order valence-corrected chi connectivity index (χ2v) is 10.8. The van der Waals surface area contributed by atoms with Crippen LogP contribution in [0.1, 0.15) is 72.6 Å². The lowest BCUT2D eigenvalue weighted by molar-refractivity contribution is -0.173. The first-order valence-electron chi connectivity index (χ1n) is 11.7. The molecule has 4 aliphatic carbocycles. The van der Waals surface area contributed by atoms with Crippen molar-refractivity contribution < 1.29 is 33.8 Å². The third-order valence-corrected chi connectivity index (χ3v) is 9.28. The lowest BCUT2D eigenvalue weighted by Gasteiger charge is -2.60. The Balaban J connectivity index is 1.67. The number of hydrogen-bond acceptors (Lipinski definition) is 7. The summed E-state index contributed by atoms with van der Waals surface area (Å²) in [5.41, 5.74) is -1.46. The molecule has 7 nitrogen and oxygen atoms in total. The van der Waals surface area contributed by atoms with Crippen molar-refractivity contribution in [2.45, 2.75) is 84.3 Å². The minimum atomic E-state index is -1.53. The molecule has 176 valence electrons. The smallest absolute Gasteiger partial charge is 0.303 e. The van der Waals surface area contributed by atoms with Gasteiger partial charge in [-0.15, -0.1) is 0 Å². The van der Waals surface area contributed by atoms with Gasteiger partial charge in [-0.2, -0.15) is 0 Å². The third-order valence-electron chi connectivity index (χ3n) is 9.28. The van der Waals surface area contributed by atoms with Crippen LogP contribution < -0.4 is 0 Å². The normalized spacial score (nSPS) is 42.8. The standard InChI is InChI=1S/C25H34O7/c1-14(26)31-13-22(29)25(30)10-7-19-17-12-21(32-15(2)27)20-11-16(28)5-8-23(20,3)18(17)6-9-24(19,25)4/h11,17-19,21,30H,5-10,12-13H2,1-4H3/t17-,18+,19+,21-,23+,24-,25+/m0/s1. The van der Waals surface area contributed by atoms with Crippen molar-refractivity contribution in [3.05, 3.63) is 11.6 Å². The average Bonchev–Trinajstić information content (AvgIpc) is 2.99. The van der Waals surface area contributed by atoms with E-state index in [1.165, 1.54) is 13.8 Å². The van der Waals surface area contributed by atoms with E-state index in [-0.39, 0.29) is 29.0 Å². The fourth-order valence-corrected chi connectivity index (χ4v) is 7.65. The van der Waals surface area contributed by atoms with Crippen LogP contribution in [0.5, 0.6) is 0 Å². The number of carbonyl (C=O) groups excluding carboxylic acids is 4. The summed E-state index contributed by atoms with van der Waals surface area (Å²) >= 11 is 0. The van der Waals surface area contributed by atoms with Crippen LogP contribution in [0.25, 0.3) is 0 Å². The van der Waals surface area contributed by atoms with Crippen LogP contribution in [0.2, 0.25) is 0 Å². The first-order chi connectivity index (χ1) is 14.9. The summed E-state index contributed by atoms with van der Waals surface area (Å²) < 4.78 is 10.6. The van der Waals surface area contributed by atoms with Crippen LogP contribution >= 0.6 is 0 Å². The van der Waals surface area contributed by atoms with E-state index in [0.29, 0.717) is 38.0 Å². The lowest BCUT2D eigenvalue weighted by atomic mass is 9.45. The van der Waals surface area contributed by atoms with Gasteiger partial charge in [-0.05, 0) is 73.3 Å². The van der Waals surface area contributed by atoms with Gasteiger partial charge in [0.25, 0.3) is 0 Å². The fourth-order valence-electron chi connectivity index (χ4n) is 7.65. The number of hydrogen-bond donors (Lipinski definition) is 1. The number of carbonyl (C=O) groups is 4. The van der Waals surface area contributed by atoms with Crippen molar-refractivity contribution in [1.82, 2.24) is 0 Å². The van der Waals surface area contributed by atoms with E-state index in [2.05, 4.69) is 6.92 Å². The van der Waals surface area contributed by atoms with E-state index in [1.807, 2.05) is 6.92 Å². The first kappa shape index (κ1) is 23.1. The number of rotatable bonds is 4. The minimum absolute atomic E-state index is 0.0834. The Kier molecular flexibility index (Phi) is 5.63.